The number of nitrogens with zero attached hydrogens (tertiary/aromatic N) is 5. The fourth-order valence-corrected chi connectivity index (χ4v) is 6.18. The average Bonchev–Trinajstić information content (AvgIpc) is 3.69. The van der Waals surface area contributed by atoms with Crippen LogP contribution in [-0.2, 0) is 32.1 Å². The number of esters is 1. The largest absolute Gasteiger partial charge is 0.469 e. The lowest BCUT2D eigenvalue weighted by Crippen LogP contribution is -2.39. The van der Waals surface area contributed by atoms with Gasteiger partial charge in [0.05, 0.1) is 31.0 Å². The summed E-state index contributed by atoms with van der Waals surface area (Å²) in [6, 6.07) is 23.6. The lowest BCUT2D eigenvalue weighted by atomic mass is 9.95. The summed E-state index contributed by atoms with van der Waals surface area (Å²) in [5.41, 5.74) is 6.16. The molecule has 13 heteroatoms. The lowest BCUT2D eigenvalue weighted by molar-refractivity contribution is -0.139. The third kappa shape index (κ3) is 9.22. The van der Waals surface area contributed by atoms with Crippen molar-refractivity contribution in [2.45, 2.75) is 50.7 Å². The zero-order chi connectivity index (χ0) is 35.6. The van der Waals surface area contributed by atoms with Crippen LogP contribution in [-0.4, -0.2) is 56.1 Å². The van der Waals surface area contributed by atoms with Crippen LogP contribution in [0.15, 0.2) is 97.5 Å². The van der Waals surface area contributed by atoms with Crippen LogP contribution >= 0.6 is 11.6 Å². The van der Waals surface area contributed by atoms with Crippen molar-refractivity contribution in [1.29, 1.82) is 0 Å². The van der Waals surface area contributed by atoms with E-state index in [-0.39, 0.29) is 24.2 Å². The Balaban J connectivity index is 1.27. The van der Waals surface area contributed by atoms with E-state index in [1.807, 2.05) is 60.7 Å². The Morgan fingerprint density at radius 3 is 2.65 bits per heavy atom. The third-order valence-corrected chi connectivity index (χ3v) is 8.85. The Hall–Kier alpha value is -5.88. The van der Waals surface area contributed by atoms with Crippen LogP contribution in [0.4, 0.5) is 5.69 Å². The molecule has 0 unspecified atom stereocenters. The molecule has 0 saturated carbocycles. The Kier molecular flexibility index (Phi) is 11.4. The van der Waals surface area contributed by atoms with Gasteiger partial charge in [0.1, 0.15) is 12.4 Å². The van der Waals surface area contributed by atoms with Crippen LogP contribution in [0.3, 0.4) is 0 Å². The molecule has 1 aliphatic rings. The van der Waals surface area contributed by atoms with Crippen LogP contribution in [0.1, 0.15) is 54.1 Å². The highest BCUT2D eigenvalue weighted by molar-refractivity contribution is 6.30. The minimum Gasteiger partial charge on any atom is -0.469 e. The van der Waals surface area contributed by atoms with Gasteiger partial charge in [0.25, 0.3) is 0 Å². The molecule has 260 valence electrons. The van der Waals surface area contributed by atoms with Crippen molar-refractivity contribution in [2.75, 3.05) is 12.4 Å². The van der Waals surface area contributed by atoms with Crippen molar-refractivity contribution in [3.63, 3.8) is 0 Å². The number of fused-ring (bicyclic) bond motifs is 4. The third-order valence-electron chi connectivity index (χ3n) is 8.62. The molecule has 0 fully saturated rings. The molecule has 3 N–H and O–H groups in total. The van der Waals surface area contributed by atoms with Gasteiger partial charge >= 0.3 is 5.97 Å². The first kappa shape index (κ1) is 35.0. The zero-order valence-corrected chi connectivity index (χ0v) is 28.7. The molecule has 5 aromatic rings. The second kappa shape index (κ2) is 16.7. The van der Waals surface area contributed by atoms with Crippen LogP contribution in [0.5, 0.6) is 0 Å². The number of anilines is 1. The quantitative estimate of drug-likeness (QED) is 0.131. The van der Waals surface area contributed by atoms with Crippen molar-refractivity contribution in [3.8, 4) is 16.8 Å². The lowest BCUT2D eigenvalue weighted by Gasteiger charge is -2.24. The number of hydrogen-bond acceptors (Lipinski definition) is 9. The number of amides is 2. The van der Waals surface area contributed by atoms with Gasteiger partial charge in [-0.25, -0.2) is 0 Å². The fourth-order valence-electron chi connectivity index (χ4n) is 6.00. The van der Waals surface area contributed by atoms with Gasteiger partial charge in [0.15, 0.2) is 0 Å². The standard InChI is InChI=1S/C38H37ClN8O4/c1-51-37(49)20-26-11-14-30-27-17-18-40-34(22-27)31(44-36(48)16-12-28-21-29(39)13-15-35(28)47-24-42-45-46-47)9-5-6-10-32(43-33(30)19-26)38(50)41-23-25-7-3-2-4-8-25/h2-4,7-8,11-19,21-22,24,31-32,43H,5-6,9-10,20,23H2,1H3,(H,41,50)(H,44,48)/b16-12+/t31-,32+/m0/s1. The molecule has 0 radical (unpaired) electrons. The van der Waals surface area contributed by atoms with Gasteiger partial charge in [0, 0.05) is 40.7 Å². The van der Waals surface area contributed by atoms with Crippen molar-refractivity contribution in [3.05, 3.63) is 125 Å². The molecule has 6 rings (SSSR count). The van der Waals surface area contributed by atoms with E-state index < -0.39 is 12.1 Å². The van der Waals surface area contributed by atoms with Crippen molar-refractivity contribution >= 4 is 41.1 Å². The molecular formula is C38H37ClN8O4. The maximum Gasteiger partial charge on any atom is 0.309 e. The normalized spacial score (nSPS) is 15.8. The van der Waals surface area contributed by atoms with E-state index >= 15 is 0 Å². The number of ether oxygens (including phenoxy) is 1. The molecule has 0 saturated heterocycles. The molecule has 2 aromatic heterocycles. The molecule has 3 aromatic carbocycles. The summed E-state index contributed by atoms with van der Waals surface area (Å²) >= 11 is 6.27. The summed E-state index contributed by atoms with van der Waals surface area (Å²) in [7, 11) is 1.36. The summed E-state index contributed by atoms with van der Waals surface area (Å²) in [6.45, 7) is 0.398. The Labute approximate surface area is 300 Å². The number of carbonyl (C=O) groups is 3. The molecule has 1 aliphatic heterocycles. The SMILES string of the molecule is COC(=O)Cc1ccc2c(c1)N[C@@H](C(=O)NCc1ccccc1)CCCC[C@H](NC(=O)/C=C/c1cc(Cl)ccc1-n1cnnn1)c1cc-2ccn1. The number of methoxy groups -OCH3 is 1. The second-order valence-corrected chi connectivity index (χ2v) is 12.6. The number of nitrogens with one attached hydrogen (secondary N) is 3. The van der Waals surface area contributed by atoms with E-state index in [0.717, 1.165) is 28.7 Å². The smallest absolute Gasteiger partial charge is 0.309 e. The number of tetrazole rings is 1. The van der Waals surface area contributed by atoms with E-state index in [4.69, 9.17) is 16.3 Å². The molecule has 3 heterocycles. The number of pyridine rings is 1. The van der Waals surface area contributed by atoms with Crippen LogP contribution < -0.4 is 16.0 Å². The van der Waals surface area contributed by atoms with E-state index in [1.54, 1.807) is 30.5 Å². The van der Waals surface area contributed by atoms with Crippen molar-refractivity contribution in [2.24, 2.45) is 0 Å². The molecule has 12 nitrogen and oxygen atoms in total. The van der Waals surface area contributed by atoms with Gasteiger partial charge in [-0.2, -0.15) is 4.68 Å². The van der Waals surface area contributed by atoms with Gasteiger partial charge < -0.3 is 20.7 Å². The number of hydrogen-bond donors (Lipinski definition) is 3. The number of rotatable bonds is 9. The van der Waals surface area contributed by atoms with Gasteiger partial charge in [-0.15, -0.1) is 5.10 Å². The Morgan fingerprint density at radius 1 is 1.00 bits per heavy atom. The molecule has 51 heavy (non-hydrogen) atoms. The first-order valence-electron chi connectivity index (χ1n) is 16.6. The zero-order valence-electron chi connectivity index (χ0n) is 28.0. The summed E-state index contributed by atoms with van der Waals surface area (Å²) in [6.07, 6.45) is 8.96. The van der Waals surface area contributed by atoms with E-state index in [0.29, 0.717) is 53.5 Å². The van der Waals surface area contributed by atoms with Gasteiger partial charge in [-0.1, -0.05) is 66.9 Å². The minimum absolute atomic E-state index is 0.0892. The van der Waals surface area contributed by atoms with E-state index in [1.165, 1.54) is 24.2 Å². The average molecular weight is 705 g/mol. The Morgan fingerprint density at radius 2 is 1.84 bits per heavy atom. The van der Waals surface area contributed by atoms with Crippen LogP contribution in [0.2, 0.25) is 5.02 Å². The second-order valence-electron chi connectivity index (χ2n) is 12.1. The van der Waals surface area contributed by atoms with E-state index in [9.17, 15) is 14.4 Å². The number of benzene rings is 3. The van der Waals surface area contributed by atoms with Gasteiger partial charge in [-0.05, 0) is 82.4 Å². The predicted octanol–water partition coefficient (Wildman–Crippen LogP) is 5.63. The van der Waals surface area contributed by atoms with Crippen molar-refractivity contribution in [1.82, 2.24) is 35.8 Å². The fraction of sp³-hybridized carbons (Fsp3) is 0.237. The maximum atomic E-state index is 13.7. The highest BCUT2D eigenvalue weighted by atomic mass is 35.5. The maximum absolute atomic E-state index is 13.7. The van der Waals surface area contributed by atoms with Crippen molar-refractivity contribution < 1.29 is 19.1 Å². The predicted molar refractivity (Wildman–Crippen MR) is 194 cm³/mol. The molecule has 2 amide bonds. The summed E-state index contributed by atoms with van der Waals surface area (Å²) in [5.74, 6) is -0.802. The van der Waals surface area contributed by atoms with Gasteiger partial charge in [-0.3, -0.25) is 19.4 Å². The molecule has 2 bridgehead atoms. The van der Waals surface area contributed by atoms with Crippen LogP contribution in [0.25, 0.3) is 22.9 Å². The first-order chi connectivity index (χ1) is 24.9. The molecule has 2 atom stereocenters. The topological polar surface area (TPSA) is 153 Å². The molecule has 0 spiro atoms. The molecule has 0 aliphatic carbocycles. The molecular weight excluding hydrogens is 668 g/mol. The summed E-state index contributed by atoms with van der Waals surface area (Å²) in [5, 5.41) is 21.6. The summed E-state index contributed by atoms with van der Waals surface area (Å²) in [4.78, 5) is 43.9. The first-order valence-corrected chi connectivity index (χ1v) is 17.0. The minimum atomic E-state index is -0.551. The van der Waals surface area contributed by atoms with Gasteiger partial charge in [0.2, 0.25) is 11.8 Å². The number of carbonyl (C=O) groups excluding carboxylic acids is 3. The van der Waals surface area contributed by atoms with Crippen LogP contribution in [0, 0.1) is 0 Å². The number of aromatic nitrogens is 5. The van der Waals surface area contributed by atoms with E-state index in [2.05, 4.69) is 36.5 Å². The monoisotopic (exact) mass is 704 g/mol. The number of halogens is 1. The highest BCUT2D eigenvalue weighted by Crippen LogP contribution is 2.33. The Bertz CT molecular complexity index is 2020. The summed E-state index contributed by atoms with van der Waals surface area (Å²) < 4.78 is 6.40. The highest BCUT2D eigenvalue weighted by Gasteiger charge is 2.23.